The zero-order valence-corrected chi connectivity index (χ0v) is 12.9. The van der Waals surface area contributed by atoms with E-state index in [4.69, 9.17) is 5.73 Å². The number of nitrogens with zero attached hydrogens (tertiary/aromatic N) is 2. The molecule has 7 heteroatoms. The van der Waals surface area contributed by atoms with Crippen LogP contribution in [0, 0.1) is 12.7 Å². The van der Waals surface area contributed by atoms with Gasteiger partial charge in [-0.05, 0) is 37.5 Å². The number of hydrogen-bond donors (Lipinski definition) is 1. The van der Waals surface area contributed by atoms with E-state index in [0.717, 1.165) is 13.1 Å². The third-order valence-electron chi connectivity index (χ3n) is 4.23. The summed E-state index contributed by atoms with van der Waals surface area (Å²) in [5.41, 5.74) is 5.69. The summed E-state index contributed by atoms with van der Waals surface area (Å²) in [4.78, 5) is 2.43. The molecular weight excluding hydrogens is 293 g/mol. The number of hydrogen-bond acceptors (Lipinski definition) is 4. The first-order valence-corrected chi connectivity index (χ1v) is 8.63. The van der Waals surface area contributed by atoms with Gasteiger partial charge in [-0.15, -0.1) is 0 Å². The highest BCUT2D eigenvalue weighted by atomic mass is 32.2. The fourth-order valence-electron chi connectivity index (χ4n) is 2.81. The van der Waals surface area contributed by atoms with E-state index in [2.05, 4.69) is 4.90 Å². The number of aryl methyl sites for hydroxylation is 1. The van der Waals surface area contributed by atoms with Crippen LogP contribution in [0.25, 0.3) is 0 Å². The molecule has 116 valence electrons. The van der Waals surface area contributed by atoms with E-state index in [1.54, 1.807) is 0 Å². The summed E-state index contributed by atoms with van der Waals surface area (Å²) in [6.07, 6.45) is 2.45. The van der Waals surface area contributed by atoms with Gasteiger partial charge in [0.2, 0.25) is 10.0 Å². The van der Waals surface area contributed by atoms with Crippen LogP contribution in [0.4, 0.5) is 10.1 Å². The van der Waals surface area contributed by atoms with Gasteiger partial charge >= 0.3 is 0 Å². The summed E-state index contributed by atoms with van der Waals surface area (Å²) in [5, 5.41) is 0. The fourth-order valence-corrected chi connectivity index (χ4v) is 4.35. The molecule has 2 aliphatic rings. The van der Waals surface area contributed by atoms with Crippen molar-refractivity contribution in [2.75, 3.05) is 31.9 Å². The first-order valence-electron chi connectivity index (χ1n) is 7.19. The van der Waals surface area contributed by atoms with Gasteiger partial charge in [0, 0.05) is 32.2 Å². The van der Waals surface area contributed by atoms with Gasteiger partial charge in [-0.2, -0.15) is 4.31 Å². The molecule has 0 spiro atoms. The molecule has 1 saturated heterocycles. The van der Waals surface area contributed by atoms with Crippen LogP contribution in [0.15, 0.2) is 17.0 Å². The Morgan fingerprint density at radius 1 is 1.19 bits per heavy atom. The van der Waals surface area contributed by atoms with Gasteiger partial charge in [0.25, 0.3) is 0 Å². The van der Waals surface area contributed by atoms with Gasteiger partial charge in [-0.3, -0.25) is 4.90 Å². The Morgan fingerprint density at radius 3 is 2.33 bits per heavy atom. The highest BCUT2D eigenvalue weighted by Crippen LogP contribution is 2.29. The summed E-state index contributed by atoms with van der Waals surface area (Å²) >= 11 is 0. The molecule has 0 radical (unpaired) electrons. The minimum atomic E-state index is -3.59. The van der Waals surface area contributed by atoms with Crippen molar-refractivity contribution in [1.82, 2.24) is 9.21 Å². The van der Waals surface area contributed by atoms with Crippen molar-refractivity contribution in [2.45, 2.75) is 30.7 Å². The largest absolute Gasteiger partial charge is 0.396 e. The molecule has 0 bridgehead atoms. The predicted octanol–water partition coefficient (Wildman–Crippen LogP) is 1.19. The Kier molecular flexibility index (Phi) is 3.67. The standard InChI is InChI=1S/C14H20FN3O2S/c1-10-8-12(9-13(16)14(10)15)21(19,20)18-6-4-17(5-7-18)11-2-3-11/h8-9,11H,2-7,16H2,1H3. The van der Waals surface area contributed by atoms with E-state index in [-0.39, 0.29) is 16.1 Å². The summed E-state index contributed by atoms with van der Waals surface area (Å²) in [7, 11) is -3.59. The van der Waals surface area contributed by atoms with Gasteiger partial charge < -0.3 is 5.73 Å². The van der Waals surface area contributed by atoms with E-state index in [1.807, 2.05) is 0 Å². The molecule has 2 fully saturated rings. The van der Waals surface area contributed by atoms with Gasteiger partial charge in [-0.25, -0.2) is 12.8 Å². The first-order chi connectivity index (χ1) is 9.89. The minimum Gasteiger partial charge on any atom is -0.396 e. The van der Waals surface area contributed by atoms with Crippen molar-refractivity contribution in [3.63, 3.8) is 0 Å². The predicted molar refractivity (Wildman–Crippen MR) is 78.9 cm³/mol. The first kappa shape index (κ1) is 14.7. The second-order valence-electron chi connectivity index (χ2n) is 5.81. The quantitative estimate of drug-likeness (QED) is 0.851. The minimum absolute atomic E-state index is 0.0822. The Labute approximate surface area is 124 Å². The number of nitrogen functional groups attached to an aromatic ring is 1. The van der Waals surface area contributed by atoms with E-state index in [1.165, 1.54) is 36.2 Å². The Morgan fingerprint density at radius 2 is 1.81 bits per heavy atom. The average molecular weight is 313 g/mol. The highest BCUT2D eigenvalue weighted by Gasteiger charge is 2.35. The zero-order valence-electron chi connectivity index (χ0n) is 12.0. The average Bonchev–Trinajstić information content (AvgIpc) is 3.29. The molecule has 0 unspecified atom stereocenters. The molecule has 21 heavy (non-hydrogen) atoms. The van der Waals surface area contributed by atoms with Crippen LogP contribution in [0.2, 0.25) is 0 Å². The lowest BCUT2D eigenvalue weighted by Gasteiger charge is -2.34. The van der Waals surface area contributed by atoms with Crippen LogP contribution in [0.3, 0.4) is 0 Å². The summed E-state index contributed by atoms with van der Waals surface area (Å²) in [5.74, 6) is -0.549. The lowest BCUT2D eigenvalue weighted by atomic mass is 10.2. The SMILES string of the molecule is Cc1cc(S(=O)(=O)N2CCN(C3CC3)CC2)cc(N)c1F. The Hall–Kier alpha value is -1.18. The monoisotopic (exact) mass is 313 g/mol. The van der Waals surface area contributed by atoms with Crippen LogP contribution in [0.1, 0.15) is 18.4 Å². The molecule has 1 heterocycles. The number of benzene rings is 1. The maximum atomic E-state index is 13.5. The number of rotatable bonds is 3. The fraction of sp³-hybridized carbons (Fsp3) is 0.571. The lowest BCUT2D eigenvalue weighted by molar-refractivity contribution is 0.180. The zero-order chi connectivity index (χ0) is 15.2. The number of nitrogens with two attached hydrogens (primary N) is 1. The van der Waals surface area contributed by atoms with Gasteiger partial charge in [-0.1, -0.05) is 0 Å². The number of anilines is 1. The second-order valence-corrected chi connectivity index (χ2v) is 7.75. The Bertz CT molecular complexity index is 627. The maximum Gasteiger partial charge on any atom is 0.243 e. The Balaban J connectivity index is 1.80. The molecule has 1 aromatic carbocycles. The van der Waals surface area contributed by atoms with Crippen molar-refractivity contribution in [2.24, 2.45) is 0 Å². The molecular formula is C14H20FN3O2S. The van der Waals surface area contributed by atoms with E-state index in [9.17, 15) is 12.8 Å². The van der Waals surface area contributed by atoms with Crippen molar-refractivity contribution in [3.8, 4) is 0 Å². The summed E-state index contributed by atoms with van der Waals surface area (Å²) < 4.78 is 40.3. The van der Waals surface area contributed by atoms with Crippen LogP contribution < -0.4 is 5.73 Å². The molecule has 0 amide bonds. The smallest absolute Gasteiger partial charge is 0.243 e. The van der Waals surface area contributed by atoms with E-state index >= 15 is 0 Å². The van der Waals surface area contributed by atoms with Crippen molar-refractivity contribution < 1.29 is 12.8 Å². The maximum absolute atomic E-state index is 13.5. The third-order valence-corrected chi connectivity index (χ3v) is 6.11. The molecule has 1 aliphatic heterocycles. The van der Waals surface area contributed by atoms with Crippen LogP contribution >= 0.6 is 0 Å². The lowest BCUT2D eigenvalue weighted by Crippen LogP contribution is -2.49. The molecule has 5 nitrogen and oxygen atoms in total. The van der Waals surface area contributed by atoms with Crippen molar-refractivity contribution >= 4 is 15.7 Å². The van der Waals surface area contributed by atoms with E-state index in [0.29, 0.717) is 19.1 Å². The molecule has 1 aliphatic carbocycles. The van der Waals surface area contributed by atoms with Crippen LogP contribution in [-0.2, 0) is 10.0 Å². The normalized spacial score (nSPS) is 21.6. The number of sulfonamides is 1. The van der Waals surface area contributed by atoms with Gasteiger partial charge in [0.05, 0.1) is 10.6 Å². The van der Waals surface area contributed by atoms with Crippen molar-refractivity contribution in [1.29, 1.82) is 0 Å². The molecule has 1 aromatic rings. The van der Waals surface area contributed by atoms with Gasteiger partial charge in [0.15, 0.2) is 0 Å². The van der Waals surface area contributed by atoms with E-state index < -0.39 is 15.8 Å². The van der Waals surface area contributed by atoms with Crippen LogP contribution in [-0.4, -0.2) is 49.8 Å². The summed E-state index contributed by atoms with van der Waals surface area (Å²) in [6, 6.07) is 3.22. The topological polar surface area (TPSA) is 66.6 Å². The molecule has 0 atom stereocenters. The number of piperazine rings is 1. The molecule has 1 saturated carbocycles. The third kappa shape index (κ3) is 2.77. The van der Waals surface area contributed by atoms with Crippen molar-refractivity contribution in [3.05, 3.63) is 23.5 Å². The second kappa shape index (κ2) is 5.23. The number of halogens is 1. The molecule has 2 N–H and O–H groups in total. The van der Waals surface area contributed by atoms with Gasteiger partial charge in [0.1, 0.15) is 5.82 Å². The highest BCUT2D eigenvalue weighted by molar-refractivity contribution is 7.89. The summed E-state index contributed by atoms with van der Waals surface area (Å²) in [6.45, 7) is 4.01. The molecule has 0 aromatic heterocycles. The van der Waals surface area contributed by atoms with Crippen LogP contribution in [0.5, 0.6) is 0 Å². The molecule has 3 rings (SSSR count).